The summed E-state index contributed by atoms with van der Waals surface area (Å²) in [6.07, 6.45) is -1.07. The highest BCUT2D eigenvalue weighted by molar-refractivity contribution is 7.91. The van der Waals surface area contributed by atoms with Crippen molar-refractivity contribution in [1.29, 1.82) is 0 Å². The highest BCUT2D eigenvalue weighted by atomic mass is 32.2. The van der Waals surface area contributed by atoms with Crippen LogP contribution >= 0.6 is 0 Å². The number of hydrogen-bond donors (Lipinski definition) is 2. The van der Waals surface area contributed by atoms with Crippen LogP contribution in [0.3, 0.4) is 0 Å². The van der Waals surface area contributed by atoms with Gasteiger partial charge in [0.25, 0.3) is 0 Å². The summed E-state index contributed by atoms with van der Waals surface area (Å²) in [7, 11) is -3.58. The number of aliphatic hydroxyl groups is 1. The fourth-order valence-electron chi connectivity index (χ4n) is 1.32. The van der Waals surface area contributed by atoms with E-state index in [1.807, 2.05) is 0 Å². The van der Waals surface area contributed by atoms with Gasteiger partial charge in [-0.1, -0.05) is 5.16 Å². The van der Waals surface area contributed by atoms with E-state index in [0.717, 1.165) is 0 Å². The van der Waals surface area contributed by atoms with Gasteiger partial charge in [0.2, 0.25) is 0 Å². The van der Waals surface area contributed by atoms with E-state index in [0.29, 0.717) is 5.69 Å². The van der Waals surface area contributed by atoms with Crippen molar-refractivity contribution >= 4 is 9.84 Å². The lowest BCUT2D eigenvalue weighted by Crippen LogP contribution is -2.28. The second kappa shape index (κ2) is 4.30. The molecular formula is C8H14N2O4S. The fraction of sp³-hybridized carbons (Fsp3) is 0.625. The molecule has 0 aliphatic rings. The molecule has 0 spiro atoms. The highest BCUT2D eigenvalue weighted by Gasteiger charge is 2.26. The van der Waals surface area contributed by atoms with Crippen LogP contribution in [0.4, 0.5) is 0 Å². The van der Waals surface area contributed by atoms with Crippen molar-refractivity contribution in [3.8, 4) is 0 Å². The van der Waals surface area contributed by atoms with Crippen LogP contribution in [-0.2, 0) is 9.84 Å². The van der Waals surface area contributed by atoms with E-state index in [-0.39, 0.29) is 17.2 Å². The molecule has 0 bridgehead atoms. The number of aromatic nitrogens is 1. The van der Waals surface area contributed by atoms with E-state index in [4.69, 9.17) is 10.3 Å². The third kappa shape index (κ3) is 2.55. The normalized spacial score (nSPS) is 14.1. The van der Waals surface area contributed by atoms with Crippen molar-refractivity contribution in [2.24, 2.45) is 5.73 Å². The zero-order valence-corrected chi connectivity index (χ0v) is 9.41. The maximum absolute atomic E-state index is 11.8. The predicted molar refractivity (Wildman–Crippen MR) is 53.1 cm³/mol. The molecule has 0 fully saturated rings. The van der Waals surface area contributed by atoms with Crippen LogP contribution in [0.2, 0.25) is 0 Å². The minimum atomic E-state index is -3.58. The van der Waals surface area contributed by atoms with E-state index in [1.54, 1.807) is 0 Å². The first-order valence-corrected chi connectivity index (χ1v) is 6.07. The van der Waals surface area contributed by atoms with Crippen LogP contribution < -0.4 is 5.73 Å². The van der Waals surface area contributed by atoms with Crippen molar-refractivity contribution in [3.63, 3.8) is 0 Å². The molecule has 0 saturated carbocycles. The molecule has 0 saturated heterocycles. The molecule has 1 atom stereocenters. The zero-order chi connectivity index (χ0) is 11.6. The van der Waals surface area contributed by atoms with Gasteiger partial charge in [-0.05, 0) is 13.8 Å². The lowest BCUT2D eigenvalue weighted by atomic mass is 10.4. The lowest BCUT2D eigenvalue weighted by molar-refractivity contribution is 0.205. The Labute approximate surface area is 88.0 Å². The van der Waals surface area contributed by atoms with E-state index < -0.39 is 21.7 Å². The van der Waals surface area contributed by atoms with Gasteiger partial charge in [0.05, 0.1) is 17.6 Å². The molecule has 0 amide bonds. The Bertz CT molecular complexity index is 418. The zero-order valence-electron chi connectivity index (χ0n) is 8.60. The number of nitrogens with zero attached hydrogens (tertiary/aromatic N) is 1. The molecule has 1 heterocycles. The lowest BCUT2D eigenvalue weighted by Gasteiger charge is -2.07. The van der Waals surface area contributed by atoms with Crippen LogP contribution in [0, 0.1) is 13.8 Å². The van der Waals surface area contributed by atoms with Crippen molar-refractivity contribution in [2.75, 3.05) is 12.3 Å². The summed E-state index contributed by atoms with van der Waals surface area (Å²) in [6, 6.07) is 0. The Balaban J connectivity index is 3.07. The molecule has 15 heavy (non-hydrogen) atoms. The van der Waals surface area contributed by atoms with Gasteiger partial charge in [-0.25, -0.2) is 8.42 Å². The predicted octanol–water partition coefficient (Wildman–Crippen LogP) is -0.615. The monoisotopic (exact) mass is 234 g/mol. The van der Waals surface area contributed by atoms with Crippen molar-refractivity contribution < 1.29 is 18.0 Å². The molecule has 1 aromatic heterocycles. The molecule has 86 valence electrons. The molecule has 7 heteroatoms. The molecule has 1 aromatic rings. The average molecular weight is 234 g/mol. The third-order valence-electron chi connectivity index (χ3n) is 1.96. The molecule has 0 radical (unpaired) electrons. The maximum atomic E-state index is 11.8. The largest absolute Gasteiger partial charge is 0.391 e. The Kier molecular flexibility index (Phi) is 3.48. The summed E-state index contributed by atoms with van der Waals surface area (Å²) in [6.45, 7) is 2.96. The summed E-state index contributed by atoms with van der Waals surface area (Å²) in [5.41, 5.74) is 5.46. The first-order valence-electron chi connectivity index (χ1n) is 4.42. The number of nitrogens with two attached hydrogens (primary N) is 1. The number of aryl methyl sites for hydroxylation is 2. The minimum Gasteiger partial charge on any atom is -0.391 e. The Morgan fingerprint density at radius 2 is 2.13 bits per heavy atom. The van der Waals surface area contributed by atoms with Crippen LogP contribution in [0.25, 0.3) is 0 Å². The number of aliphatic hydroxyl groups excluding tert-OH is 1. The molecule has 0 aromatic carbocycles. The molecule has 1 unspecified atom stereocenters. The SMILES string of the molecule is Cc1noc(C)c1S(=O)(=O)CC(O)CN. The standard InChI is InChI=1S/C8H14N2O4S/c1-5-8(6(2)14-10-5)15(12,13)4-7(11)3-9/h7,11H,3-4,9H2,1-2H3. The number of rotatable bonds is 4. The van der Waals surface area contributed by atoms with E-state index in [2.05, 4.69) is 5.16 Å². The van der Waals surface area contributed by atoms with Crippen molar-refractivity contribution in [1.82, 2.24) is 5.16 Å². The minimum absolute atomic E-state index is 0.0509. The molecule has 1 rings (SSSR count). The Morgan fingerprint density at radius 1 is 1.53 bits per heavy atom. The van der Waals surface area contributed by atoms with Gasteiger partial charge in [-0.2, -0.15) is 0 Å². The van der Waals surface area contributed by atoms with Gasteiger partial charge in [-0.3, -0.25) is 0 Å². The number of sulfone groups is 1. The molecule has 0 aliphatic carbocycles. The molecule has 3 N–H and O–H groups in total. The van der Waals surface area contributed by atoms with Gasteiger partial charge in [0, 0.05) is 6.54 Å². The van der Waals surface area contributed by atoms with Crippen LogP contribution in [0.5, 0.6) is 0 Å². The van der Waals surface area contributed by atoms with Gasteiger partial charge in [-0.15, -0.1) is 0 Å². The van der Waals surface area contributed by atoms with Crippen molar-refractivity contribution in [2.45, 2.75) is 24.8 Å². The number of hydrogen-bond acceptors (Lipinski definition) is 6. The van der Waals surface area contributed by atoms with Crippen LogP contribution in [0.1, 0.15) is 11.5 Å². The van der Waals surface area contributed by atoms with Gasteiger partial charge < -0.3 is 15.4 Å². The van der Waals surface area contributed by atoms with Gasteiger partial charge in [0.15, 0.2) is 15.6 Å². The molecule has 0 aliphatic heterocycles. The van der Waals surface area contributed by atoms with Gasteiger partial charge in [0.1, 0.15) is 4.90 Å². The smallest absolute Gasteiger partial charge is 0.186 e. The van der Waals surface area contributed by atoms with Crippen molar-refractivity contribution in [3.05, 3.63) is 11.5 Å². The van der Waals surface area contributed by atoms with Crippen LogP contribution in [-0.4, -0.2) is 37.1 Å². The topological polar surface area (TPSA) is 106 Å². The first-order chi connectivity index (χ1) is 6.88. The summed E-state index contributed by atoms with van der Waals surface area (Å²) in [4.78, 5) is 0.0509. The second-order valence-electron chi connectivity index (χ2n) is 3.32. The summed E-state index contributed by atoms with van der Waals surface area (Å²) in [5.74, 6) is -0.177. The van der Waals surface area contributed by atoms with E-state index in [1.165, 1.54) is 13.8 Å². The van der Waals surface area contributed by atoms with E-state index >= 15 is 0 Å². The Morgan fingerprint density at radius 3 is 2.53 bits per heavy atom. The maximum Gasteiger partial charge on any atom is 0.186 e. The highest BCUT2D eigenvalue weighted by Crippen LogP contribution is 2.20. The molecular weight excluding hydrogens is 220 g/mol. The van der Waals surface area contributed by atoms with Gasteiger partial charge >= 0.3 is 0 Å². The summed E-state index contributed by atoms with van der Waals surface area (Å²) < 4.78 is 28.3. The second-order valence-corrected chi connectivity index (χ2v) is 5.30. The fourth-order valence-corrected chi connectivity index (χ4v) is 3.10. The molecule has 6 nitrogen and oxygen atoms in total. The summed E-state index contributed by atoms with van der Waals surface area (Å²) in [5, 5.41) is 12.8. The quantitative estimate of drug-likeness (QED) is 0.719. The van der Waals surface area contributed by atoms with Crippen LogP contribution in [0.15, 0.2) is 9.42 Å². The third-order valence-corrected chi connectivity index (χ3v) is 3.99. The summed E-state index contributed by atoms with van der Waals surface area (Å²) >= 11 is 0. The average Bonchev–Trinajstić information content (AvgIpc) is 2.45. The van der Waals surface area contributed by atoms with E-state index in [9.17, 15) is 13.5 Å². The Hall–Kier alpha value is -0.920. The first kappa shape index (κ1) is 12.2.